The van der Waals surface area contributed by atoms with Crippen LogP contribution in [0.2, 0.25) is 0 Å². The van der Waals surface area contributed by atoms with Crippen molar-refractivity contribution < 1.29 is 10.2 Å². The molecule has 0 saturated heterocycles. The molecule has 4 N–H and O–H groups in total. The van der Waals surface area contributed by atoms with Crippen molar-refractivity contribution in [2.24, 2.45) is 10.4 Å². The summed E-state index contributed by atoms with van der Waals surface area (Å²) in [5.41, 5.74) is -1.05. The second kappa shape index (κ2) is 9.35. The van der Waals surface area contributed by atoms with Crippen LogP contribution in [0.3, 0.4) is 0 Å². The fraction of sp³-hybridized carbons (Fsp3) is 0.706. The number of aliphatic hydroxyl groups excluding tert-OH is 1. The molecule has 1 aliphatic carbocycles. The van der Waals surface area contributed by atoms with Crippen LogP contribution >= 0.6 is 35.3 Å². The van der Waals surface area contributed by atoms with E-state index < -0.39 is 5.60 Å². The first kappa shape index (κ1) is 21.7. The predicted molar refractivity (Wildman–Crippen MR) is 111 cm³/mol. The van der Waals surface area contributed by atoms with Crippen LogP contribution in [0.4, 0.5) is 0 Å². The van der Waals surface area contributed by atoms with E-state index in [0.29, 0.717) is 19.0 Å². The summed E-state index contributed by atoms with van der Waals surface area (Å²) in [7, 11) is 1.72. The molecule has 24 heavy (non-hydrogen) atoms. The van der Waals surface area contributed by atoms with Crippen molar-refractivity contribution in [3.8, 4) is 0 Å². The van der Waals surface area contributed by atoms with Crippen molar-refractivity contribution in [1.82, 2.24) is 10.6 Å². The minimum absolute atomic E-state index is 0. The maximum Gasteiger partial charge on any atom is 0.191 e. The SMILES string of the molecule is CN=C(NCC(C)(O)c1cccs1)NCC1(C)CCCCC1O.I. The third-order valence-corrected chi connectivity index (χ3v) is 5.94. The molecule has 0 radical (unpaired) electrons. The molecule has 3 atom stereocenters. The number of hydrogen-bond donors (Lipinski definition) is 4. The summed E-state index contributed by atoms with van der Waals surface area (Å²) < 4.78 is 0. The lowest BCUT2D eigenvalue weighted by Crippen LogP contribution is -2.50. The van der Waals surface area contributed by atoms with Crippen molar-refractivity contribution in [2.75, 3.05) is 20.1 Å². The van der Waals surface area contributed by atoms with Crippen LogP contribution in [0.5, 0.6) is 0 Å². The largest absolute Gasteiger partial charge is 0.392 e. The molecule has 7 heteroatoms. The molecule has 1 aromatic rings. The monoisotopic (exact) mass is 467 g/mol. The van der Waals surface area contributed by atoms with Gasteiger partial charge in [-0.05, 0) is 31.2 Å². The van der Waals surface area contributed by atoms with Gasteiger partial charge in [0.05, 0.1) is 12.6 Å². The molecule has 0 spiro atoms. The topological polar surface area (TPSA) is 76.9 Å². The molecule has 0 aliphatic heterocycles. The highest BCUT2D eigenvalue weighted by atomic mass is 127. The van der Waals surface area contributed by atoms with E-state index in [2.05, 4.69) is 22.5 Å². The number of halogens is 1. The summed E-state index contributed by atoms with van der Waals surface area (Å²) >= 11 is 1.54. The van der Waals surface area contributed by atoms with E-state index >= 15 is 0 Å². The van der Waals surface area contributed by atoms with Crippen LogP contribution in [0.25, 0.3) is 0 Å². The van der Waals surface area contributed by atoms with Gasteiger partial charge < -0.3 is 20.8 Å². The predicted octanol–water partition coefficient (Wildman–Crippen LogP) is 2.68. The van der Waals surface area contributed by atoms with Crippen LogP contribution in [0.15, 0.2) is 22.5 Å². The zero-order valence-electron chi connectivity index (χ0n) is 14.7. The molecule has 138 valence electrons. The molecule has 0 amide bonds. The summed E-state index contributed by atoms with van der Waals surface area (Å²) in [4.78, 5) is 5.14. The van der Waals surface area contributed by atoms with Gasteiger partial charge in [0, 0.05) is 23.9 Å². The lowest BCUT2D eigenvalue weighted by atomic mass is 9.73. The number of hydrogen-bond acceptors (Lipinski definition) is 4. The minimum atomic E-state index is -0.931. The maximum atomic E-state index is 10.6. The van der Waals surface area contributed by atoms with E-state index in [1.807, 2.05) is 17.5 Å². The fourth-order valence-electron chi connectivity index (χ4n) is 3.02. The van der Waals surface area contributed by atoms with Gasteiger partial charge in [-0.15, -0.1) is 35.3 Å². The first-order valence-corrected chi connectivity index (χ1v) is 9.14. The minimum Gasteiger partial charge on any atom is -0.392 e. The molecule has 1 aliphatic rings. The zero-order chi connectivity index (χ0) is 16.9. The van der Waals surface area contributed by atoms with Crippen LogP contribution < -0.4 is 10.6 Å². The molecule has 1 saturated carbocycles. The van der Waals surface area contributed by atoms with E-state index in [4.69, 9.17) is 0 Å². The van der Waals surface area contributed by atoms with Crippen LogP contribution in [0, 0.1) is 5.41 Å². The number of aliphatic imine (C=N–C) groups is 1. The van der Waals surface area contributed by atoms with E-state index in [1.54, 1.807) is 25.3 Å². The first-order chi connectivity index (χ1) is 10.9. The molecule has 3 unspecified atom stereocenters. The molecular formula is C17H30IN3O2S. The molecule has 0 bridgehead atoms. The van der Waals surface area contributed by atoms with E-state index in [9.17, 15) is 10.2 Å². The Kier molecular flexibility index (Phi) is 8.44. The average Bonchev–Trinajstić information content (AvgIpc) is 3.06. The second-order valence-corrected chi connectivity index (χ2v) is 7.89. The number of guanidine groups is 1. The van der Waals surface area contributed by atoms with Gasteiger partial charge in [-0.25, -0.2) is 0 Å². The van der Waals surface area contributed by atoms with Gasteiger partial charge in [-0.2, -0.15) is 0 Å². The lowest BCUT2D eigenvalue weighted by Gasteiger charge is -2.39. The fourth-order valence-corrected chi connectivity index (χ4v) is 3.81. The summed E-state index contributed by atoms with van der Waals surface area (Å²) in [6.07, 6.45) is 3.89. The third-order valence-electron chi connectivity index (χ3n) is 4.82. The van der Waals surface area contributed by atoms with Crippen molar-refractivity contribution in [1.29, 1.82) is 0 Å². The normalized spacial score (nSPS) is 27.0. The van der Waals surface area contributed by atoms with Crippen molar-refractivity contribution in [3.63, 3.8) is 0 Å². The highest BCUT2D eigenvalue weighted by Crippen LogP contribution is 2.35. The van der Waals surface area contributed by atoms with Crippen molar-refractivity contribution in [3.05, 3.63) is 22.4 Å². The molecule has 1 fully saturated rings. The standard InChI is InChI=1S/C17H29N3O2S.HI/c1-16(9-5-4-7-13(16)21)11-19-15(18-3)20-12-17(2,22)14-8-6-10-23-14;/h6,8,10,13,21-22H,4-5,7,9,11-12H2,1-3H3,(H2,18,19,20);1H. The van der Waals surface area contributed by atoms with Crippen molar-refractivity contribution >= 4 is 41.3 Å². The van der Waals surface area contributed by atoms with E-state index in [1.165, 1.54) is 0 Å². The summed E-state index contributed by atoms with van der Waals surface area (Å²) in [6, 6.07) is 3.87. The molecule has 1 heterocycles. The Morgan fingerprint density at radius 2 is 2.21 bits per heavy atom. The van der Waals surface area contributed by atoms with Crippen LogP contribution in [-0.2, 0) is 5.60 Å². The zero-order valence-corrected chi connectivity index (χ0v) is 17.9. The van der Waals surface area contributed by atoms with Crippen LogP contribution in [0.1, 0.15) is 44.4 Å². The molecule has 2 rings (SSSR count). The first-order valence-electron chi connectivity index (χ1n) is 8.26. The molecular weight excluding hydrogens is 437 g/mol. The van der Waals surface area contributed by atoms with Crippen molar-refractivity contribution in [2.45, 2.75) is 51.2 Å². The van der Waals surface area contributed by atoms with Gasteiger partial charge in [0.25, 0.3) is 0 Å². The van der Waals surface area contributed by atoms with Gasteiger partial charge >= 0.3 is 0 Å². The van der Waals surface area contributed by atoms with Gasteiger partial charge in [0.15, 0.2) is 5.96 Å². The molecule has 5 nitrogen and oxygen atoms in total. The Hall–Kier alpha value is -0.380. The average molecular weight is 467 g/mol. The Labute approximate surface area is 166 Å². The van der Waals surface area contributed by atoms with Gasteiger partial charge in [0.2, 0.25) is 0 Å². The smallest absolute Gasteiger partial charge is 0.191 e. The third kappa shape index (κ3) is 5.57. The molecule has 0 aromatic carbocycles. The second-order valence-electron chi connectivity index (χ2n) is 6.95. The quantitative estimate of drug-likeness (QED) is 0.305. The number of rotatable bonds is 5. The number of nitrogens with one attached hydrogen (secondary N) is 2. The van der Waals surface area contributed by atoms with Gasteiger partial charge in [-0.3, -0.25) is 4.99 Å². The highest BCUT2D eigenvalue weighted by molar-refractivity contribution is 14.0. The van der Waals surface area contributed by atoms with E-state index in [0.717, 1.165) is 30.6 Å². The Morgan fingerprint density at radius 3 is 2.79 bits per heavy atom. The van der Waals surface area contributed by atoms with Gasteiger partial charge in [0.1, 0.15) is 5.60 Å². The number of thiophene rings is 1. The Morgan fingerprint density at radius 1 is 1.46 bits per heavy atom. The van der Waals surface area contributed by atoms with Crippen LogP contribution in [-0.4, -0.2) is 42.4 Å². The number of nitrogens with zero attached hydrogens (tertiary/aromatic N) is 1. The number of aliphatic hydroxyl groups is 2. The van der Waals surface area contributed by atoms with Gasteiger partial charge in [-0.1, -0.05) is 25.8 Å². The molecule has 1 aromatic heterocycles. The lowest BCUT2D eigenvalue weighted by molar-refractivity contribution is 0.00385. The summed E-state index contributed by atoms with van der Waals surface area (Å²) in [5, 5.41) is 29.3. The van der Waals surface area contributed by atoms with E-state index in [-0.39, 0.29) is 35.5 Å². The summed E-state index contributed by atoms with van der Waals surface area (Å²) in [5.74, 6) is 0.654. The Balaban J connectivity index is 0.00000288. The highest BCUT2D eigenvalue weighted by Gasteiger charge is 2.35. The Bertz CT molecular complexity index is 522. The maximum absolute atomic E-state index is 10.6. The summed E-state index contributed by atoms with van der Waals surface area (Å²) in [6.45, 7) is 4.98.